The lowest BCUT2D eigenvalue weighted by Crippen LogP contribution is -2.34. The summed E-state index contributed by atoms with van der Waals surface area (Å²) < 4.78 is 0. The molecule has 0 radical (unpaired) electrons. The average Bonchev–Trinajstić information content (AvgIpc) is 2.62. The molecule has 0 aliphatic rings. The Bertz CT molecular complexity index is 899. The number of thiocarbonyl (C=S) groups is 1. The predicted octanol–water partition coefficient (Wildman–Crippen LogP) is 4.25. The summed E-state index contributed by atoms with van der Waals surface area (Å²) in [5, 5.41) is 26.3. The van der Waals surface area contributed by atoms with E-state index >= 15 is 0 Å². The van der Waals surface area contributed by atoms with E-state index in [0.29, 0.717) is 17.2 Å². The van der Waals surface area contributed by atoms with Crippen LogP contribution < -0.4 is 10.6 Å². The van der Waals surface area contributed by atoms with E-state index in [4.69, 9.17) is 12.2 Å². The zero-order valence-electron chi connectivity index (χ0n) is 15.3. The number of rotatable bonds is 5. The number of benzene rings is 2. The van der Waals surface area contributed by atoms with E-state index in [1.165, 1.54) is 18.2 Å². The molecule has 7 nitrogen and oxygen atoms in total. The van der Waals surface area contributed by atoms with Crippen molar-refractivity contribution in [2.24, 2.45) is 0 Å². The third-order valence-electron chi connectivity index (χ3n) is 4.35. The first-order chi connectivity index (χ1) is 12.7. The van der Waals surface area contributed by atoms with E-state index in [1.807, 2.05) is 6.07 Å². The smallest absolute Gasteiger partial charge is 0.273 e. The van der Waals surface area contributed by atoms with Gasteiger partial charge in [-0.3, -0.25) is 20.2 Å². The largest absolute Gasteiger partial charge is 0.506 e. The molecule has 3 N–H and O–H groups in total. The van der Waals surface area contributed by atoms with E-state index in [1.54, 1.807) is 19.1 Å². The van der Waals surface area contributed by atoms with Crippen LogP contribution >= 0.6 is 12.2 Å². The van der Waals surface area contributed by atoms with E-state index in [-0.39, 0.29) is 22.1 Å². The number of hydrogen-bond donors (Lipinski definition) is 3. The number of phenolic OH excluding ortho intramolecular Hbond substituents is 1. The number of nitro groups is 1. The molecule has 0 fully saturated rings. The lowest BCUT2D eigenvalue weighted by Gasteiger charge is -2.15. The molecule has 2 rings (SSSR count). The molecule has 0 saturated carbocycles. The zero-order chi connectivity index (χ0) is 20.1. The highest BCUT2D eigenvalue weighted by Crippen LogP contribution is 2.29. The molecule has 0 spiro atoms. The lowest BCUT2D eigenvalue weighted by atomic mass is 9.98. The minimum atomic E-state index is -0.576. The molecule has 142 valence electrons. The van der Waals surface area contributed by atoms with Crippen molar-refractivity contribution in [1.29, 1.82) is 0 Å². The lowest BCUT2D eigenvalue weighted by molar-refractivity contribution is -0.385. The number of phenols is 1. The Morgan fingerprint density at radius 1 is 1.30 bits per heavy atom. The summed E-state index contributed by atoms with van der Waals surface area (Å²) in [5.74, 6) is -0.264. The first-order valence-corrected chi connectivity index (χ1v) is 8.84. The number of hydrogen-bond acceptors (Lipinski definition) is 5. The van der Waals surface area contributed by atoms with Crippen LogP contribution in [0.1, 0.15) is 47.7 Å². The highest BCUT2D eigenvalue weighted by atomic mass is 32.1. The van der Waals surface area contributed by atoms with Gasteiger partial charge in [0.25, 0.3) is 11.6 Å². The van der Waals surface area contributed by atoms with Crippen molar-refractivity contribution < 1.29 is 14.8 Å². The van der Waals surface area contributed by atoms with Crippen LogP contribution in [0.4, 0.5) is 11.4 Å². The van der Waals surface area contributed by atoms with Crippen molar-refractivity contribution in [3.05, 3.63) is 63.2 Å². The van der Waals surface area contributed by atoms with Crippen molar-refractivity contribution >= 4 is 34.6 Å². The maximum Gasteiger partial charge on any atom is 0.273 e. The molecule has 0 aromatic heterocycles. The van der Waals surface area contributed by atoms with Crippen molar-refractivity contribution in [2.45, 2.75) is 33.1 Å². The monoisotopic (exact) mass is 387 g/mol. The summed E-state index contributed by atoms with van der Waals surface area (Å²) in [6.07, 6.45) is 0.942. The Balaban J connectivity index is 2.13. The van der Waals surface area contributed by atoms with Gasteiger partial charge < -0.3 is 10.4 Å². The summed E-state index contributed by atoms with van der Waals surface area (Å²) in [5.41, 5.74) is 1.85. The molecule has 8 heteroatoms. The maximum atomic E-state index is 12.3. The van der Waals surface area contributed by atoms with E-state index < -0.39 is 10.8 Å². The second kappa shape index (κ2) is 8.59. The van der Waals surface area contributed by atoms with Crippen molar-refractivity contribution in [1.82, 2.24) is 5.32 Å². The van der Waals surface area contributed by atoms with Gasteiger partial charge in [0.05, 0.1) is 10.6 Å². The number of carbonyl (C=O) groups is 1. The number of aryl methyl sites for hydroxylation is 1. The van der Waals surface area contributed by atoms with Crippen molar-refractivity contribution in [2.75, 3.05) is 5.32 Å². The molecule has 0 aliphatic carbocycles. The highest BCUT2D eigenvalue weighted by Gasteiger charge is 2.16. The molecule has 0 heterocycles. The standard InChI is InChI=1S/C19H21N3O4S/c1-4-11(2)13-7-8-17(23)15(9-13)20-19(27)21-18(24)14-6-5-12(3)16(10-14)22(25)26/h5-11,23H,4H2,1-3H3,(H2,20,21,24,27). The molecule has 0 bridgehead atoms. The fourth-order valence-electron chi connectivity index (χ4n) is 2.47. The number of carbonyl (C=O) groups excluding carboxylic acids is 1. The topological polar surface area (TPSA) is 104 Å². The van der Waals surface area contributed by atoms with Gasteiger partial charge in [-0.1, -0.05) is 26.0 Å². The van der Waals surface area contributed by atoms with Crippen molar-refractivity contribution in [3.8, 4) is 5.75 Å². The molecule has 2 aromatic carbocycles. The Hall–Kier alpha value is -3.00. The van der Waals surface area contributed by atoms with Crippen LogP contribution in [0.3, 0.4) is 0 Å². The fraction of sp³-hybridized carbons (Fsp3) is 0.263. The number of aromatic hydroxyl groups is 1. The van der Waals surface area contributed by atoms with Crippen LogP contribution in [0, 0.1) is 17.0 Å². The third kappa shape index (κ3) is 5.01. The number of nitrogens with zero attached hydrogens (tertiary/aromatic N) is 1. The minimum absolute atomic E-state index is 0.00428. The summed E-state index contributed by atoms with van der Waals surface area (Å²) in [6.45, 7) is 5.73. The zero-order valence-corrected chi connectivity index (χ0v) is 16.1. The maximum absolute atomic E-state index is 12.3. The van der Waals surface area contributed by atoms with Gasteiger partial charge in [-0.05, 0) is 55.2 Å². The van der Waals surface area contributed by atoms with E-state index in [0.717, 1.165) is 12.0 Å². The summed E-state index contributed by atoms with van der Waals surface area (Å²) in [4.78, 5) is 22.8. The molecule has 2 aromatic rings. The molecular weight excluding hydrogens is 366 g/mol. The van der Waals surface area contributed by atoms with Gasteiger partial charge in [0.1, 0.15) is 5.75 Å². The van der Waals surface area contributed by atoms with Crippen LogP contribution in [-0.2, 0) is 0 Å². The summed E-state index contributed by atoms with van der Waals surface area (Å²) in [6, 6.07) is 9.37. The van der Waals surface area contributed by atoms with Crippen LogP contribution in [0.25, 0.3) is 0 Å². The van der Waals surface area contributed by atoms with E-state index in [2.05, 4.69) is 24.5 Å². The number of nitro benzene ring substituents is 1. The van der Waals surface area contributed by atoms with Crippen molar-refractivity contribution in [3.63, 3.8) is 0 Å². The predicted molar refractivity (Wildman–Crippen MR) is 108 cm³/mol. The first-order valence-electron chi connectivity index (χ1n) is 8.43. The van der Waals surface area contributed by atoms with Crippen LogP contribution in [0.15, 0.2) is 36.4 Å². The first kappa shape index (κ1) is 20.3. The van der Waals surface area contributed by atoms with Gasteiger partial charge in [-0.15, -0.1) is 0 Å². The Morgan fingerprint density at radius 3 is 2.63 bits per heavy atom. The molecule has 1 atom stereocenters. The van der Waals surface area contributed by atoms with Gasteiger partial charge in [-0.25, -0.2) is 0 Å². The SMILES string of the molecule is CCC(C)c1ccc(O)c(NC(=S)NC(=O)c2ccc(C)c([N+](=O)[O-])c2)c1. The highest BCUT2D eigenvalue weighted by molar-refractivity contribution is 7.80. The number of amides is 1. The van der Waals surface area contributed by atoms with Gasteiger partial charge in [0.2, 0.25) is 0 Å². The van der Waals surface area contributed by atoms with Crippen LogP contribution in [-0.4, -0.2) is 21.0 Å². The normalized spacial score (nSPS) is 11.5. The average molecular weight is 387 g/mol. The summed E-state index contributed by atoms with van der Waals surface area (Å²) >= 11 is 5.13. The van der Waals surface area contributed by atoms with Gasteiger partial charge in [-0.2, -0.15) is 0 Å². The molecule has 0 aliphatic heterocycles. The third-order valence-corrected chi connectivity index (χ3v) is 4.55. The molecule has 1 unspecified atom stereocenters. The molecule has 1 amide bonds. The Labute approximate surface area is 162 Å². The Kier molecular flexibility index (Phi) is 6.46. The second-order valence-electron chi connectivity index (χ2n) is 6.25. The quantitative estimate of drug-likeness (QED) is 0.307. The molecular formula is C19H21N3O4S. The minimum Gasteiger partial charge on any atom is -0.506 e. The number of anilines is 1. The molecule has 0 saturated heterocycles. The molecule has 27 heavy (non-hydrogen) atoms. The van der Waals surface area contributed by atoms with Gasteiger partial charge in [0.15, 0.2) is 5.11 Å². The Morgan fingerprint density at radius 2 is 2.00 bits per heavy atom. The second-order valence-corrected chi connectivity index (χ2v) is 6.66. The van der Waals surface area contributed by atoms with Crippen LogP contribution in [0.5, 0.6) is 5.75 Å². The fourth-order valence-corrected chi connectivity index (χ4v) is 2.67. The van der Waals surface area contributed by atoms with E-state index in [9.17, 15) is 20.0 Å². The van der Waals surface area contributed by atoms with Crippen LogP contribution in [0.2, 0.25) is 0 Å². The summed E-state index contributed by atoms with van der Waals surface area (Å²) in [7, 11) is 0. The number of nitrogens with one attached hydrogen (secondary N) is 2. The van der Waals surface area contributed by atoms with Gasteiger partial charge in [0, 0.05) is 17.2 Å². The van der Waals surface area contributed by atoms with Gasteiger partial charge >= 0.3 is 0 Å².